The molecule has 0 aliphatic rings. The number of likely N-dealkylation sites (N-methyl/N-ethyl adjacent to an activating group) is 1. The van der Waals surface area contributed by atoms with Crippen molar-refractivity contribution in [2.75, 3.05) is 17.3 Å². The fourth-order valence-electron chi connectivity index (χ4n) is 1.72. The standard InChI is InChI=1S/C13H16N2O5/c1-8(16)14-9-3-5-10(6-4-9)15(2)11(13(19)20)7-12(17)18/h3-6,11H,7H2,1-2H3,(H,14,16)(H,17,18)(H,19,20). The normalized spacial score (nSPS) is 11.5. The second-order valence-electron chi connectivity index (χ2n) is 4.29. The number of carboxylic acids is 2. The molecule has 108 valence electrons. The van der Waals surface area contributed by atoms with Gasteiger partial charge in [0, 0.05) is 25.3 Å². The van der Waals surface area contributed by atoms with Gasteiger partial charge in [-0.25, -0.2) is 4.79 Å². The largest absolute Gasteiger partial charge is 0.481 e. The summed E-state index contributed by atoms with van der Waals surface area (Å²) in [6.07, 6.45) is -0.501. The quantitative estimate of drug-likeness (QED) is 0.718. The highest BCUT2D eigenvalue weighted by Crippen LogP contribution is 2.20. The molecule has 1 aromatic carbocycles. The van der Waals surface area contributed by atoms with Crippen LogP contribution in [-0.2, 0) is 14.4 Å². The lowest BCUT2D eigenvalue weighted by Gasteiger charge is -2.25. The Morgan fingerprint density at radius 3 is 2.15 bits per heavy atom. The van der Waals surface area contributed by atoms with Gasteiger partial charge in [0.1, 0.15) is 6.04 Å². The average molecular weight is 280 g/mol. The average Bonchev–Trinajstić information content (AvgIpc) is 2.35. The van der Waals surface area contributed by atoms with Crippen molar-refractivity contribution in [2.45, 2.75) is 19.4 Å². The van der Waals surface area contributed by atoms with Gasteiger partial charge in [0.2, 0.25) is 5.91 Å². The molecule has 0 heterocycles. The van der Waals surface area contributed by atoms with E-state index in [0.29, 0.717) is 11.4 Å². The molecule has 0 aliphatic carbocycles. The van der Waals surface area contributed by atoms with Gasteiger partial charge in [-0.05, 0) is 24.3 Å². The minimum absolute atomic E-state index is 0.208. The zero-order chi connectivity index (χ0) is 15.3. The molecule has 1 atom stereocenters. The van der Waals surface area contributed by atoms with Crippen LogP contribution in [0.25, 0.3) is 0 Å². The summed E-state index contributed by atoms with van der Waals surface area (Å²) in [5.74, 6) is -2.60. The molecular weight excluding hydrogens is 264 g/mol. The monoisotopic (exact) mass is 280 g/mol. The Labute approximate surface area is 115 Å². The van der Waals surface area contributed by atoms with Crippen LogP contribution in [0.4, 0.5) is 11.4 Å². The highest BCUT2D eigenvalue weighted by atomic mass is 16.4. The molecule has 0 bridgehead atoms. The number of nitrogens with zero attached hydrogens (tertiary/aromatic N) is 1. The molecule has 7 heteroatoms. The second kappa shape index (κ2) is 6.55. The summed E-state index contributed by atoms with van der Waals surface area (Å²) in [7, 11) is 1.51. The Morgan fingerprint density at radius 2 is 1.75 bits per heavy atom. The number of carbonyl (C=O) groups excluding carboxylic acids is 1. The number of aliphatic carboxylic acids is 2. The van der Waals surface area contributed by atoms with Gasteiger partial charge in [-0.15, -0.1) is 0 Å². The molecule has 0 fully saturated rings. The predicted molar refractivity (Wildman–Crippen MR) is 72.8 cm³/mol. The third kappa shape index (κ3) is 4.27. The van der Waals surface area contributed by atoms with E-state index in [0.717, 1.165) is 0 Å². The fraction of sp³-hybridized carbons (Fsp3) is 0.308. The number of amides is 1. The van der Waals surface area contributed by atoms with Crippen molar-refractivity contribution >= 4 is 29.2 Å². The molecule has 0 saturated heterocycles. The molecular formula is C13H16N2O5. The van der Waals surface area contributed by atoms with E-state index < -0.39 is 24.4 Å². The second-order valence-corrected chi connectivity index (χ2v) is 4.29. The van der Waals surface area contributed by atoms with Crippen LogP contribution in [0, 0.1) is 0 Å². The van der Waals surface area contributed by atoms with Gasteiger partial charge < -0.3 is 20.4 Å². The lowest BCUT2D eigenvalue weighted by Crippen LogP contribution is -2.40. The van der Waals surface area contributed by atoms with Crippen molar-refractivity contribution in [1.82, 2.24) is 0 Å². The van der Waals surface area contributed by atoms with E-state index in [1.54, 1.807) is 24.3 Å². The maximum absolute atomic E-state index is 11.1. The smallest absolute Gasteiger partial charge is 0.326 e. The van der Waals surface area contributed by atoms with E-state index in [4.69, 9.17) is 10.2 Å². The maximum Gasteiger partial charge on any atom is 0.326 e. The Bertz CT molecular complexity index is 512. The first-order valence-electron chi connectivity index (χ1n) is 5.86. The van der Waals surface area contributed by atoms with E-state index >= 15 is 0 Å². The Balaban J connectivity index is 2.89. The number of anilines is 2. The number of benzene rings is 1. The van der Waals surface area contributed by atoms with Crippen molar-refractivity contribution in [3.05, 3.63) is 24.3 Å². The van der Waals surface area contributed by atoms with Crippen LogP contribution in [0.3, 0.4) is 0 Å². The molecule has 3 N–H and O–H groups in total. The maximum atomic E-state index is 11.1. The molecule has 0 spiro atoms. The highest BCUT2D eigenvalue weighted by Gasteiger charge is 2.25. The van der Waals surface area contributed by atoms with Crippen LogP contribution in [0.2, 0.25) is 0 Å². The lowest BCUT2D eigenvalue weighted by molar-refractivity contribution is -0.145. The zero-order valence-corrected chi connectivity index (χ0v) is 11.2. The number of hydrogen-bond acceptors (Lipinski definition) is 4. The summed E-state index contributed by atoms with van der Waals surface area (Å²) >= 11 is 0. The van der Waals surface area contributed by atoms with Crippen LogP contribution >= 0.6 is 0 Å². The molecule has 0 saturated carbocycles. The van der Waals surface area contributed by atoms with Crippen molar-refractivity contribution in [1.29, 1.82) is 0 Å². The van der Waals surface area contributed by atoms with E-state index in [1.807, 2.05) is 0 Å². The van der Waals surface area contributed by atoms with Crippen LogP contribution < -0.4 is 10.2 Å². The molecule has 0 aliphatic heterocycles. The van der Waals surface area contributed by atoms with Gasteiger partial charge in [0.25, 0.3) is 0 Å². The summed E-state index contributed by atoms with van der Waals surface area (Å²) in [6.45, 7) is 1.38. The van der Waals surface area contributed by atoms with Crippen molar-refractivity contribution in [3.8, 4) is 0 Å². The molecule has 0 radical (unpaired) electrons. The van der Waals surface area contributed by atoms with Gasteiger partial charge >= 0.3 is 11.9 Å². The van der Waals surface area contributed by atoms with Gasteiger partial charge in [-0.3, -0.25) is 9.59 Å². The SMILES string of the molecule is CC(=O)Nc1ccc(N(C)C(CC(=O)O)C(=O)O)cc1. The summed E-state index contributed by atoms with van der Waals surface area (Å²) in [5, 5.41) is 20.4. The van der Waals surface area contributed by atoms with Crippen molar-refractivity contribution < 1.29 is 24.6 Å². The third-order valence-electron chi connectivity index (χ3n) is 2.72. The minimum Gasteiger partial charge on any atom is -0.481 e. The molecule has 1 rings (SSSR count). The van der Waals surface area contributed by atoms with Crippen LogP contribution in [-0.4, -0.2) is 41.1 Å². The van der Waals surface area contributed by atoms with Crippen molar-refractivity contribution in [2.24, 2.45) is 0 Å². The van der Waals surface area contributed by atoms with Gasteiger partial charge in [0.15, 0.2) is 0 Å². The number of nitrogens with one attached hydrogen (secondary N) is 1. The van der Waals surface area contributed by atoms with Crippen LogP contribution in [0.15, 0.2) is 24.3 Å². The van der Waals surface area contributed by atoms with Crippen molar-refractivity contribution in [3.63, 3.8) is 0 Å². The Hall–Kier alpha value is -2.57. The number of carboxylic acid groups (broad SMARTS) is 2. The van der Waals surface area contributed by atoms with Gasteiger partial charge in [0.05, 0.1) is 6.42 Å². The Morgan fingerprint density at radius 1 is 1.20 bits per heavy atom. The number of rotatable bonds is 6. The molecule has 0 aromatic heterocycles. The third-order valence-corrected chi connectivity index (χ3v) is 2.72. The van der Waals surface area contributed by atoms with E-state index in [-0.39, 0.29) is 5.91 Å². The van der Waals surface area contributed by atoms with Crippen LogP contribution in [0.1, 0.15) is 13.3 Å². The number of hydrogen-bond donors (Lipinski definition) is 3. The highest BCUT2D eigenvalue weighted by molar-refractivity contribution is 5.89. The predicted octanol–water partition coefficient (Wildman–Crippen LogP) is 1.01. The summed E-state index contributed by atoms with van der Waals surface area (Å²) < 4.78 is 0. The molecule has 1 unspecified atom stereocenters. The first-order valence-corrected chi connectivity index (χ1v) is 5.86. The summed E-state index contributed by atoms with van der Waals surface area (Å²) in [5.41, 5.74) is 1.13. The van der Waals surface area contributed by atoms with Gasteiger partial charge in [-0.1, -0.05) is 0 Å². The molecule has 7 nitrogen and oxygen atoms in total. The molecule has 20 heavy (non-hydrogen) atoms. The molecule has 1 aromatic rings. The van der Waals surface area contributed by atoms with E-state index in [1.165, 1.54) is 18.9 Å². The van der Waals surface area contributed by atoms with Crippen LogP contribution in [0.5, 0.6) is 0 Å². The minimum atomic E-state index is -1.21. The summed E-state index contributed by atoms with van der Waals surface area (Å²) in [4.78, 5) is 34.0. The van der Waals surface area contributed by atoms with E-state index in [9.17, 15) is 14.4 Å². The first-order chi connectivity index (χ1) is 9.31. The Kier molecular flexibility index (Phi) is 5.08. The first kappa shape index (κ1) is 15.5. The summed E-state index contributed by atoms with van der Waals surface area (Å²) in [6, 6.07) is 5.31. The fourth-order valence-corrected chi connectivity index (χ4v) is 1.72. The lowest BCUT2D eigenvalue weighted by atomic mass is 10.1. The molecule has 1 amide bonds. The number of carbonyl (C=O) groups is 3. The van der Waals surface area contributed by atoms with E-state index in [2.05, 4.69) is 5.32 Å². The zero-order valence-electron chi connectivity index (χ0n) is 11.2. The topological polar surface area (TPSA) is 107 Å². The van der Waals surface area contributed by atoms with Gasteiger partial charge in [-0.2, -0.15) is 0 Å².